The van der Waals surface area contributed by atoms with Crippen molar-refractivity contribution in [1.29, 1.82) is 0 Å². The summed E-state index contributed by atoms with van der Waals surface area (Å²) in [6, 6.07) is 9.85. The van der Waals surface area contributed by atoms with Crippen molar-refractivity contribution in [3.8, 4) is 0 Å². The molecule has 0 aliphatic rings. The molecule has 90 valence electrons. The van der Waals surface area contributed by atoms with Crippen LogP contribution in [0.2, 0.25) is 4.34 Å². The van der Waals surface area contributed by atoms with Gasteiger partial charge in [0.2, 0.25) is 0 Å². The van der Waals surface area contributed by atoms with Crippen LogP contribution in [0.25, 0.3) is 0 Å². The molecule has 0 saturated heterocycles. The zero-order valence-electron chi connectivity index (χ0n) is 8.76. The molecular weight excluding hydrogens is 278 g/mol. The minimum atomic E-state index is -3.40. The molecular formula is C11H10ClNO2S2. The second-order valence-electron chi connectivity index (χ2n) is 3.50. The second-order valence-corrected chi connectivity index (χ2v) is 7.26. The molecule has 6 heteroatoms. The van der Waals surface area contributed by atoms with E-state index >= 15 is 0 Å². The number of halogens is 1. The molecule has 1 aromatic heterocycles. The molecule has 2 rings (SSSR count). The number of nitrogen functional groups attached to an aromatic ring is 1. The lowest BCUT2D eigenvalue weighted by Crippen LogP contribution is -2.06. The summed E-state index contributed by atoms with van der Waals surface area (Å²) < 4.78 is 24.8. The van der Waals surface area contributed by atoms with E-state index in [2.05, 4.69) is 0 Å². The lowest BCUT2D eigenvalue weighted by atomic mass is 10.3. The Morgan fingerprint density at radius 1 is 1.18 bits per heavy atom. The van der Waals surface area contributed by atoms with Gasteiger partial charge in [0.15, 0.2) is 9.84 Å². The van der Waals surface area contributed by atoms with E-state index in [4.69, 9.17) is 17.3 Å². The molecule has 0 atom stereocenters. The van der Waals surface area contributed by atoms with E-state index in [1.165, 1.54) is 17.4 Å². The number of benzene rings is 1. The molecule has 1 heterocycles. The van der Waals surface area contributed by atoms with Gasteiger partial charge >= 0.3 is 0 Å². The SMILES string of the molecule is Nc1ccccc1S(=O)(=O)Cc1ccc(Cl)s1. The fourth-order valence-corrected chi connectivity index (χ4v) is 4.38. The van der Waals surface area contributed by atoms with Gasteiger partial charge in [0.05, 0.1) is 20.7 Å². The molecule has 2 aromatic rings. The fourth-order valence-electron chi connectivity index (χ4n) is 1.46. The molecule has 2 N–H and O–H groups in total. The van der Waals surface area contributed by atoms with Gasteiger partial charge in [-0.1, -0.05) is 23.7 Å². The minimum Gasteiger partial charge on any atom is -0.398 e. The molecule has 0 fully saturated rings. The number of para-hydroxylation sites is 1. The Labute approximate surface area is 109 Å². The Bertz CT molecular complexity index is 634. The van der Waals surface area contributed by atoms with Crippen molar-refractivity contribution in [2.75, 3.05) is 5.73 Å². The molecule has 0 saturated carbocycles. The van der Waals surface area contributed by atoms with Gasteiger partial charge in [0.1, 0.15) is 0 Å². The minimum absolute atomic E-state index is 0.0708. The van der Waals surface area contributed by atoms with Gasteiger partial charge in [0.25, 0.3) is 0 Å². The van der Waals surface area contributed by atoms with Gasteiger partial charge in [0, 0.05) is 4.88 Å². The summed E-state index contributed by atoms with van der Waals surface area (Å²) in [5.41, 5.74) is 5.94. The Morgan fingerprint density at radius 2 is 1.88 bits per heavy atom. The molecule has 0 unspecified atom stereocenters. The molecule has 1 aromatic carbocycles. The number of rotatable bonds is 3. The van der Waals surface area contributed by atoms with Crippen LogP contribution in [0.5, 0.6) is 0 Å². The summed E-state index contributed by atoms with van der Waals surface area (Å²) >= 11 is 7.03. The fraction of sp³-hybridized carbons (Fsp3) is 0.0909. The Kier molecular flexibility index (Phi) is 3.42. The van der Waals surface area contributed by atoms with Crippen molar-refractivity contribution in [3.05, 3.63) is 45.6 Å². The quantitative estimate of drug-likeness (QED) is 0.883. The maximum atomic E-state index is 12.1. The second kappa shape index (κ2) is 4.68. The van der Waals surface area contributed by atoms with Crippen LogP contribution in [0, 0.1) is 0 Å². The number of hydrogen-bond acceptors (Lipinski definition) is 4. The number of sulfone groups is 1. The number of hydrogen-bond donors (Lipinski definition) is 1. The summed E-state index contributed by atoms with van der Waals surface area (Å²) in [5, 5.41) is 0. The van der Waals surface area contributed by atoms with Crippen molar-refractivity contribution in [2.24, 2.45) is 0 Å². The highest BCUT2D eigenvalue weighted by atomic mass is 35.5. The monoisotopic (exact) mass is 287 g/mol. The third kappa shape index (κ3) is 2.80. The topological polar surface area (TPSA) is 60.2 Å². The van der Waals surface area contributed by atoms with E-state index in [0.717, 1.165) is 0 Å². The van der Waals surface area contributed by atoms with E-state index in [1.54, 1.807) is 30.3 Å². The Morgan fingerprint density at radius 3 is 2.47 bits per heavy atom. The van der Waals surface area contributed by atoms with Crippen molar-refractivity contribution < 1.29 is 8.42 Å². The largest absolute Gasteiger partial charge is 0.398 e. The summed E-state index contributed by atoms with van der Waals surface area (Å²) in [4.78, 5) is 0.878. The highest BCUT2D eigenvalue weighted by molar-refractivity contribution is 7.91. The van der Waals surface area contributed by atoms with E-state index < -0.39 is 9.84 Å². The third-order valence-corrected chi connectivity index (χ3v) is 5.36. The first-order valence-electron chi connectivity index (χ1n) is 4.80. The molecule has 0 bridgehead atoms. The summed E-state index contributed by atoms with van der Waals surface area (Å²) in [6.45, 7) is 0. The van der Waals surface area contributed by atoms with Crippen molar-refractivity contribution in [1.82, 2.24) is 0 Å². The van der Waals surface area contributed by atoms with Gasteiger partial charge in [-0.05, 0) is 24.3 Å². The Hall–Kier alpha value is -1.04. The van der Waals surface area contributed by atoms with Crippen LogP contribution in [0.15, 0.2) is 41.3 Å². The van der Waals surface area contributed by atoms with Crippen LogP contribution in [0.4, 0.5) is 5.69 Å². The van der Waals surface area contributed by atoms with Crippen LogP contribution in [0.3, 0.4) is 0 Å². The number of anilines is 1. The molecule has 0 spiro atoms. The van der Waals surface area contributed by atoms with Gasteiger partial charge < -0.3 is 5.73 Å². The molecule has 0 aliphatic heterocycles. The predicted octanol–water partition coefficient (Wildman–Crippen LogP) is 2.96. The highest BCUT2D eigenvalue weighted by Crippen LogP contribution is 2.27. The first kappa shape index (κ1) is 12.4. The predicted molar refractivity (Wildman–Crippen MR) is 71.1 cm³/mol. The van der Waals surface area contributed by atoms with Gasteiger partial charge in [-0.25, -0.2) is 8.42 Å². The van der Waals surface area contributed by atoms with Crippen LogP contribution >= 0.6 is 22.9 Å². The molecule has 17 heavy (non-hydrogen) atoms. The third-order valence-electron chi connectivity index (χ3n) is 2.22. The average molecular weight is 288 g/mol. The molecule has 0 amide bonds. The van der Waals surface area contributed by atoms with Crippen molar-refractivity contribution in [3.63, 3.8) is 0 Å². The average Bonchev–Trinajstić information content (AvgIpc) is 2.63. The van der Waals surface area contributed by atoms with Crippen LogP contribution in [-0.4, -0.2) is 8.42 Å². The highest BCUT2D eigenvalue weighted by Gasteiger charge is 2.18. The van der Waals surface area contributed by atoms with Gasteiger partial charge in [-0.2, -0.15) is 0 Å². The van der Waals surface area contributed by atoms with Crippen LogP contribution in [0.1, 0.15) is 4.88 Å². The zero-order valence-corrected chi connectivity index (χ0v) is 11.1. The summed E-state index contributed by atoms with van der Waals surface area (Å²) in [7, 11) is -3.40. The van der Waals surface area contributed by atoms with Crippen LogP contribution < -0.4 is 5.73 Å². The van der Waals surface area contributed by atoms with Gasteiger partial charge in [-0.3, -0.25) is 0 Å². The van der Waals surface area contributed by atoms with E-state index in [0.29, 0.717) is 9.21 Å². The first-order valence-corrected chi connectivity index (χ1v) is 7.65. The lowest BCUT2D eigenvalue weighted by molar-refractivity contribution is 0.596. The van der Waals surface area contributed by atoms with Crippen LogP contribution in [-0.2, 0) is 15.6 Å². The van der Waals surface area contributed by atoms with Gasteiger partial charge in [-0.15, -0.1) is 11.3 Å². The summed E-state index contributed by atoms with van der Waals surface area (Å²) in [6.07, 6.45) is 0. The number of nitrogens with two attached hydrogens (primary N) is 1. The van der Waals surface area contributed by atoms with Crippen molar-refractivity contribution >= 4 is 38.5 Å². The molecule has 3 nitrogen and oxygen atoms in total. The van der Waals surface area contributed by atoms with E-state index in [-0.39, 0.29) is 16.3 Å². The standard InChI is InChI=1S/C11H10ClNO2S2/c12-11-6-5-8(16-11)7-17(14,15)10-4-2-1-3-9(10)13/h1-6H,7,13H2. The smallest absolute Gasteiger partial charge is 0.185 e. The van der Waals surface area contributed by atoms with E-state index in [1.807, 2.05) is 0 Å². The maximum Gasteiger partial charge on any atom is 0.185 e. The number of thiophene rings is 1. The maximum absolute atomic E-state index is 12.1. The molecule has 0 radical (unpaired) electrons. The summed E-state index contributed by atoms with van der Waals surface area (Å²) in [5.74, 6) is -0.0708. The first-order chi connectivity index (χ1) is 7.99. The lowest BCUT2D eigenvalue weighted by Gasteiger charge is -2.05. The van der Waals surface area contributed by atoms with E-state index in [9.17, 15) is 8.42 Å². The molecule has 0 aliphatic carbocycles. The Balaban J connectivity index is 2.35. The zero-order chi connectivity index (χ0) is 12.5. The normalized spacial score (nSPS) is 11.6. The van der Waals surface area contributed by atoms with Crippen molar-refractivity contribution in [2.45, 2.75) is 10.6 Å².